The number of carbonyl (C=O) groups excluding carboxylic acids is 1. The molecular weight excluding hydrogens is 311 g/mol. The SMILES string of the molecule is O=C(Cn1cnnn1)Nc1cnc(Cl)c(Br)c1. The zero-order chi connectivity index (χ0) is 12.3. The summed E-state index contributed by atoms with van der Waals surface area (Å²) in [5, 5.41) is 13.4. The van der Waals surface area contributed by atoms with Gasteiger partial charge in [-0.05, 0) is 32.4 Å². The van der Waals surface area contributed by atoms with E-state index < -0.39 is 0 Å². The predicted molar refractivity (Wildman–Crippen MR) is 63.4 cm³/mol. The molecule has 9 heteroatoms. The van der Waals surface area contributed by atoms with Crippen molar-refractivity contribution in [2.24, 2.45) is 0 Å². The van der Waals surface area contributed by atoms with E-state index in [9.17, 15) is 4.79 Å². The standard InChI is InChI=1S/C8H6BrClN6O/c9-6-1-5(2-11-8(6)10)13-7(17)3-16-4-12-14-15-16/h1-2,4H,3H2,(H,13,17). The molecule has 0 aliphatic carbocycles. The van der Waals surface area contributed by atoms with Crippen molar-refractivity contribution in [3.8, 4) is 0 Å². The van der Waals surface area contributed by atoms with Crippen LogP contribution in [-0.4, -0.2) is 31.1 Å². The Morgan fingerprint density at radius 2 is 2.41 bits per heavy atom. The first-order valence-corrected chi connectivity index (χ1v) is 5.64. The average molecular weight is 318 g/mol. The number of pyridine rings is 1. The maximum absolute atomic E-state index is 11.6. The average Bonchev–Trinajstić information content (AvgIpc) is 2.76. The lowest BCUT2D eigenvalue weighted by Gasteiger charge is -2.05. The molecule has 17 heavy (non-hydrogen) atoms. The molecule has 1 amide bonds. The third-order valence-electron chi connectivity index (χ3n) is 1.78. The Morgan fingerprint density at radius 1 is 1.59 bits per heavy atom. The molecule has 0 unspecified atom stereocenters. The van der Waals surface area contributed by atoms with Crippen LogP contribution >= 0.6 is 27.5 Å². The third-order valence-corrected chi connectivity index (χ3v) is 2.91. The molecule has 2 aromatic heterocycles. The lowest BCUT2D eigenvalue weighted by atomic mass is 10.4. The number of hydrogen-bond donors (Lipinski definition) is 1. The number of amides is 1. The number of tetrazole rings is 1. The summed E-state index contributed by atoms with van der Waals surface area (Å²) < 4.78 is 1.92. The van der Waals surface area contributed by atoms with Crippen molar-refractivity contribution in [1.82, 2.24) is 25.2 Å². The Balaban J connectivity index is 2.00. The van der Waals surface area contributed by atoms with Gasteiger partial charge in [-0.15, -0.1) is 5.10 Å². The van der Waals surface area contributed by atoms with E-state index in [0.29, 0.717) is 15.3 Å². The van der Waals surface area contributed by atoms with Crippen molar-refractivity contribution in [3.05, 3.63) is 28.2 Å². The van der Waals surface area contributed by atoms with Gasteiger partial charge in [-0.2, -0.15) is 0 Å². The highest BCUT2D eigenvalue weighted by Gasteiger charge is 2.06. The molecule has 0 saturated carbocycles. The van der Waals surface area contributed by atoms with Crippen molar-refractivity contribution in [2.45, 2.75) is 6.54 Å². The lowest BCUT2D eigenvalue weighted by molar-refractivity contribution is -0.116. The monoisotopic (exact) mass is 316 g/mol. The fourth-order valence-electron chi connectivity index (χ4n) is 1.09. The van der Waals surface area contributed by atoms with E-state index in [1.54, 1.807) is 6.07 Å². The van der Waals surface area contributed by atoms with Gasteiger partial charge in [0.05, 0.1) is 16.4 Å². The molecule has 0 saturated heterocycles. The van der Waals surface area contributed by atoms with Gasteiger partial charge in [-0.3, -0.25) is 4.79 Å². The smallest absolute Gasteiger partial charge is 0.246 e. The molecule has 0 aliphatic heterocycles. The summed E-state index contributed by atoms with van der Waals surface area (Å²) in [7, 11) is 0. The van der Waals surface area contributed by atoms with Crippen molar-refractivity contribution in [2.75, 3.05) is 5.32 Å². The van der Waals surface area contributed by atoms with Crippen LogP contribution in [0.3, 0.4) is 0 Å². The number of halogens is 2. The maximum atomic E-state index is 11.6. The molecule has 88 valence electrons. The lowest BCUT2D eigenvalue weighted by Crippen LogP contribution is -2.19. The van der Waals surface area contributed by atoms with Crippen LogP contribution in [0.5, 0.6) is 0 Å². The Kier molecular flexibility index (Phi) is 3.64. The molecule has 7 nitrogen and oxygen atoms in total. The normalized spacial score (nSPS) is 10.2. The number of rotatable bonds is 3. The molecule has 0 spiro atoms. The predicted octanol–water partition coefficient (Wildman–Crippen LogP) is 1.12. The number of anilines is 1. The molecular formula is C8H6BrClN6O. The first-order chi connectivity index (χ1) is 8.15. The molecule has 0 aliphatic rings. The highest BCUT2D eigenvalue weighted by atomic mass is 79.9. The number of nitrogens with one attached hydrogen (secondary N) is 1. The van der Waals surface area contributed by atoms with E-state index in [-0.39, 0.29) is 12.5 Å². The van der Waals surface area contributed by atoms with E-state index in [1.807, 2.05) is 0 Å². The summed E-state index contributed by atoms with van der Waals surface area (Å²) in [6.07, 6.45) is 2.82. The van der Waals surface area contributed by atoms with E-state index in [2.05, 4.69) is 41.8 Å². The number of carbonyl (C=O) groups is 1. The Bertz CT molecular complexity index is 531. The number of nitrogens with zero attached hydrogens (tertiary/aromatic N) is 5. The fourth-order valence-corrected chi connectivity index (χ4v) is 1.54. The van der Waals surface area contributed by atoms with Gasteiger partial charge in [0.25, 0.3) is 0 Å². The van der Waals surface area contributed by atoms with Crippen molar-refractivity contribution in [3.63, 3.8) is 0 Å². The van der Waals surface area contributed by atoms with Crippen LogP contribution in [-0.2, 0) is 11.3 Å². The van der Waals surface area contributed by atoms with E-state index in [1.165, 1.54) is 17.2 Å². The van der Waals surface area contributed by atoms with Crippen LogP contribution in [0.25, 0.3) is 0 Å². The number of hydrogen-bond acceptors (Lipinski definition) is 5. The Labute approximate surface area is 109 Å². The van der Waals surface area contributed by atoms with E-state index in [4.69, 9.17) is 11.6 Å². The van der Waals surface area contributed by atoms with Crippen LogP contribution in [0.1, 0.15) is 0 Å². The van der Waals surface area contributed by atoms with Crippen LogP contribution in [0, 0.1) is 0 Å². The van der Waals surface area contributed by atoms with Crippen LogP contribution in [0.4, 0.5) is 5.69 Å². The molecule has 0 aromatic carbocycles. The van der Waals surface area contributed by atoms with Gasteiger partial charge in [0.1, 0.15) is 18.0 Å². The molecule has 2 heterocycles. The van der Waals surface area contributed by atoms with Crippen molar-refractivity contribution in [1.29, 1.82) is 0 Å². The first-order valence-electron chi connectivity index (χ1n) is 4.47. The largest absolute Gasteiger partial charge is 0.323 e. The molecule has 0 fully saturated rings. The second-order valence-electron chi connectivity index (χ2n) is 3.05. The van der Waals surface area contributed by atoms with Gasteiger partial charge in [0, 0.05) is 0 Å². The number of aromatic nitrogens is 5. The summed E-state index contributed by atoms with van der Waals surface area (Å²) in [4.78, 5) is 15.5. The quantitative estimate of drug-likeness (QED) is 0.858. The van der Waals surface area contributed by atoms with Crippen LogP contribution in [0.15, 0.2) is 23.1 Å². The molecule has 0 bridgehead atoms. The minimum Gasteiger partial charge on any atom is -0.323 e. The summed E-state index contributed by atoms with van der Waals surface area (Å²) in [5.74, 6) is -0.256. The fraction of sp³-hybridized carbons (Fsp3) is 0.125. The molecule has 2 rings (SSSR count). The second-order valence-corrected chi connectivity index (χ2v) is 4.26. The second kappa shape index (κ2) is 5.19. The van der Waals surface area contributed by atoms with Crippen LogP contribution < -0.4 is 5.32 Å². The minimum absolute atomic E-state index is 0.0350. The third kappa shape index (κ3) is 3.21. The summed E-state index contributed by atoms with van der Waals surface area (Å²) >= 11 is 8.94. The minimum atomic E-state index is -0.256. The topological polar surface area (TPSA) is 85.6 Å². The highest BCUT2D eigenvalue weighted by molar-refractivity contribution is 9.10. The molecule has 0 radical (unpaired) electrons. The molecule has 2 aromatic rings. The molecule has 0 atom stereocenters. The van der Waals surface area contributed by atoms with E-state index >= 15 is 0 Å². The Morgan fingerprint density at radius 3 is 3.06 bits per heavy atom. The summed E-state index contributed by atoms with van der Waals surface area (Å²) in [6.45, 7) is 0.0350. The summed E-state index contributed by atoms with van der Waals surface area (Å²) in [6, 6.07) is 1.66. The van der Waals surface area contributed by atoms with Gasteiger partial charge in [0.2, 0.25) is 5.91 Å². The summed E-state index contributed by atoms with van der Waals surface area (Å²) in [5.41, 5.74) is 0.541. The van der Waals surface area contributed by atoms with Gasteiger partial charge in [-0.25, -0.2) is 9.67 Å². The zero-order valence-corrected chi connectivity index (χ0v) is 10.7. The van der Waals surface area contributed by atoms with Crippen molar-refractivity contribution >= 4 is 39.1 Å². The molecule has 1 N–H and O–H groups in total. The highest BCUT2D eigenvalue weighted by Crippen LogP contribution is 2.22. The van der Waals surface area contributed by atoms with E-state index in [0.717, 1.165) is 0 Å². The van der Waals surface area contributed by atoms with Gasteiger partial charge in [-0.1, -0.05) is 11.6 Å². The maximum Gasteiger partial charge on any atom is 0.246 e. The van der Waals surface area contributed by atoms with Crippen molar-refractivity contribution < 1.29 is 4.79 Å². The van der Waals surface area contributed by atoms with Gasteiger partial charge in [0.15, 0.2) is 0 Å². The first kappa shape index (κ1) is 11.9. The van der Waals surface area contributed by atoms with Gasteiger partial charge < -0.3 is 5.32 Å². The van der Waals surface area contributed by atoms with Gasteiger partial charge >= 0.3 is 0 Å². The Hall–Kier alpha value is -1.54. The van der Waals surface area contributed by atoms with Crippen LogP contribution in [0.2, 0.25) is 5.15 Å². The zero-order valence-electron chi connectivity index (χ0n) is 8.34.